The van der Waals surface area contributed by atoms with Crippen LogP contribution in [-0.4, -0.2) is 36.4 Å². The van der Waals surface area contributed by atoms with Crippen LogP contribution in [0.3, 0.4) is 0 Å². The normalized spacial score (nSPS) is 18.5. The molecule has 0 spiro atoms. The predicted molar refractivity (Wildman–Crippen MR) is 85.7 cm³/mol. The minimum atomic E-state index is -0.0479. The maximum Gasteiger partial charge on any atom is 0.237 e. The van der Waals surface area contributed by atoms with E-state index in [0.29, 0.717) is 24.0 Å². The van der Waals surface area contributed by atoms with E-state index in [1.165, 1.54) is 6.42 Å². The molecule has 3 nitrogen and oxygen atoms in total. The maximum atomic E-state index is 12.0. The Hall–Kier alpha value is -0.770. The molecule has 0 bridgehead atoms. The van der Waals surface area contributed by atoms with Gasteiger partial charge in [-0.1, -0.05) is 29.8 Å². The Balaban J connectivity index is 1.94. The van der Waals surface area contributed by atoms with Crippen molar-refractivity contribution in [2.45, 2.75) is 25.8 Å². The molecule has 1 heterocycles. The highest BCUT2D eigenvalue weighted by atomic mass is 35.5. The van der Waals surface area contributed by atoms with E-state index in [4.69, 9.17) is 27.9 Å². The first-order valence-electron chi connectivity index (χ1n) is 7.35. The number of nitrogens with zero attached hydrogens (tertiary/aromatic N) is 1. The summed E-state index contributed by atoms with van der Waals surface area (Å²) >= 11 is 11.9. The second-order valence-corrected chi connectivity index (χ2v) is 6.09. The van der Waals surface area contributed by atoms with Gasteiger partial charge >= 0.3 is 0 Å². The fourth-order valence-corrected chi connectivity index (χ4v) is 2.95. The van der Waals surface area contributed by atoms with Crippen LogP contribution in [0.5, 0.6) is 0 Å². The standard InChI is InChI=1S/C16H21Cl2NO2/c17-10-16(20)19(8-7-13-4-3-9-21-12-13)11-14-5-1-2-6-15(14)18/h1-2,5-6,13H,3-4,7-12H2. The third kappa shape index (κ3) is 5.17. The molecule has 1 fully saturated rings. The molecule has 0 radical (unpaired) electrons. The third-order valence-corrected chi connectivity index (χ3v) is 4.45. The maximum absolute atomic E-state index is 12.0. The molecular weight excluding hydrogens is 309 g/mol. The number of carbonyl (C=O) groups excluding carboxylic acids is 1. The summed E-state index contributed by atoms with van der Waals surface area (Å²) in [5.41, 5.74) is 0.956. The van der Waals surface area contributed by atoms with Crippen LogP contribution < -0.4 is 0 Å². The van der Waals surface area contributed by atoms with Gasteiger partial charge in [0.15, 0.2) is 0 Å². The van der Waals surface area contributed by atoms with E-state index >= 15 is 0 Å². The molecule has 0 aromatic heterocycles. The SMILES string of the molecule is O=C(CCl)N(CCC1CCCOC1)Cc1ccccc1Cl. The molecule has 0 saturated carbocycles. The Labute approximate surface area is 136 Å². The molecule has 1 atom stereocenters. The second-order valence-electron chi connectivity index (χ2n) is 5.41. The molecule has 1 aliphatic heterocycles. The molecule has 2 rings (SSSR count). The number of carbonyl (C=O) groups is 1. The molecular formula is C16H21Cl2NO2. The molecule has 1 aliphatic rings. The zero-order valence-electron chi connectivity index (χ0n) is 12.1. The average Bonchev–Trinajstić information content (AvgIpc) is 2.53. The molecule has 1 unspecified atom stereocenters. The molecule has 1 aromatic rings. The van der Waals surface area contributed by atoms with E-state index in [1.54, 1.807) is 4.90 Å². The number of hydrogen-bond acceptors (Lipinski definition) is 2. The minimum Gasteiger partial charge on any atom is -0.381 e. The first-order chi connectivity index (χ1) is 10.2. The fourth-order valence-electron chi connectivity index (χ4n) is 2.58. The first-order valence-corrected chi connectivity index (χ1v) is 8.27. The van der Waals surface area contributed by atoms with Gasteiger partial charge in [0.2, 0.25) is 5.91 Å². The van der Waals surface area contributed by atoms with Crippen molar-refractivity contribution < 1.29 is 9.53 Å². The van der Waals surface area contributed by atoms with Gasteiger partial charge in [-0.25, -0.2) is 0 Å². The largest absolute Gasteiger partial charge is 0.381 e. The molecule has 21 heavy (non-hydrogen) atoms. The molecule has 116 valence electrons. The topological polar surface area (TPSA) is 29.5 Å². The van der Waals surface area contributed by atoms with Crippen LogP contribution in [0.1, 0.15) is 24.8 Å². The highest BCUT2D eigenvalue weighted by Crippen LogP contribution is 2.20. The van der Waals surface area contributed by atoms with Gasteiger partial charge in [0, 0.05) is 31.3 Å². The van der Waals surface area contributed by atoms with Crippen LogP contribution in [0.2, 0.25) is 5.02 Å². The summed E-state index contributed by atoms with van der Waals surface area (Å²) in [6.45, 7) is 2.87. The Bertz CT molecular complexity index is 461. The summed E-state index contributed by atoms with van der Waals surface area (Å²) in [5.74, 6) is 0.495. The van der Waals surface area contributed by atoms with Crippen molar-refractivity contribution in [1.29, 1.82) is 0 Å². The van der Waals surface area contributed by atoms with Gasteiger partial charge < -0.3 is 9.64 Å². The van der Waals surface area contributed by atoms with Crippen molar-refractivity contribution in [3.63, 3.8) is 0 Å². The van der Waals surface area contributed by atoms with Gasteiger partial charge in [-0.3, -0.25) is 4.79 Å². The Kier molecular flexibility index (Phi) is 6.81. The predicted octanol–water partition coefficient (Wildman–Crippen LogP) is 3.72. The molecule has 0 aliphatic carbocycles. The fraction of sp³-hybridized carbons (Fsp3) is 0.562. The summed E-state index contributed by atoms with van der Waals surface area (Å²) in [6.07, 6.45) is 3.24. The quantitative estimate of drug-likeness (QED) is 0.744. The van der Waals surface area contributed by atoms with Crippen LogP contribution in [0.15, 0.2) is 24.3 Å². The first kappa shape index (κ1) is 16.6. The van der Waals surface area contributed by atoms with E-state index in [-0.39, 0.29) is 11.8 Å². The van der Waals surface area contributed by atoms with Crippen molar-refractivity contribution in [2.75, 3.05) is 25.6 Å². The Morgan fingerprint density at radius 1 is 1.38 bits per heavy atom. The summed E-state index contributed by atoms with van der Waals surface area (Å²) < 4.78 is 5.49. The van der Waals surface area contributed by atoms with E-state index in [9.17, 15) is 4.79 Å². The Morgan fingerprint density at radius 2 is 2.19 bits per heavy atom. The zero-order valence-corrected chi connectivity index (χ0v) is 13.6. The molecule has 1 amide bonds. The summed E-state index contributed by atoms with van der Waals surface area (Å²) in [7, 11) is 0. The molecule has 0 N–H and O–H groups in total. The van der Waals surface area contributed by atoms with Gasteiger partial charge in [-0.2, -0.15) is 0 Å². The smallest absolute Gasteiger partial charge is 0.237 e. The van der Waals surface area contributed by atoms with E-state index in [1.807, 2.05) is 24.3 Å². The van der Waals surface area contributed by atoms with E-state index in [0.717, 1.165) is 31.6 Å². The van der Waals surface area contributed by atoms with E-state index in [2.05, 4.69) is 0 Å². The number of halogens is 2. The van der Waals surface area contributed by atoms with Crippen molar-refractivity contribution in [1.82, 2.24) is 4.90 Å². The number of rotatable bonds is 6. The van der Waals surface area contributed by atoms with Crippen LogP contribution >= 0.6 is 23.2 Å². The summed E-state index contributed by atoms with van der Waals surface area (Å²) in [5, 5.41) is 0.686. The highest BCUT2D eigenvalue weighted by Gasteiger charge is 2.19. The van der Waals surface area contributed by atoms with Gasteiger partial charge in [-0.15, -0.1) is 11.6 Å². The lowest BCUT2D eigenvalue weighted by Crippen LogP contribution is -2.34. The lowest BCUT2D eigenvalue weighted by molar-refractivity contribution is -0.129. The number of amides is 1. The lowest BCUT2D eigenvalue weighted by atomic mass is 9.98. The van der Waals surface area contributed by atoms with Crippen molar-refractivity contribution in [3.8, 4) is 0 Å². The van der Waals surface area contributed by atoms with Crippen LogP contribution in [0.25, 0.3) is 0 Å². The monoisotopic (exact) mass is 329 g/mol. The summed E-state index contributed by atoms with van der Waals surface area (Å²) in [4.78, 5) is 13.8. The van der Waals surface area contributed by atoms with Crippen LogP contribution in [0, 0.1) is 5.92 Å². The van der Waals surface area contributed by atoms with Gasteiger partial charge in [0.05, 0.1) is 0 Å². The van der Waals surface area contributed by atoms with Gasteiger partial charge in [0.1, 0.15) is 5.88 Å². The van der Waals surface area contributed by atoms with Crippen LogP contribution in [0.4, 0.5) is 0 Å². The van der Waals surface area contributed by atoms with Crippen molar-refractivity contribution in [2.24, 2.45) is 5.92 Å². The van der Waals surface area contributed by atoms with Crippen molar-refractivity contribution >= 4 is 29.1 Å². The molecule has 1 aromatic carbocycles. The second kappa shape index (κ2) is 8.62. The zero-order chi connectivity index (χ0) is 15.1. The van der Waals surface area contributed by atoms with Gasteiger partial charge in [0.25, 0.3) is 0 Å². The minimum absolute atomic E-state index is 0.00557. The lowest BCUT2D eigenvalue weighted by Gasteiger charge is -2.27. The number of hydrogen-bond donors (Lipinski definition) is 0. The number of alkyl halides is 1. The van der Waals surface area contributed by atoms with Crippen LogP contribution in [-0.2, 0) is 16.1 Å². The van der Waals surface area contributed by atoms with Crippen molar-refractivity contribution in [3.05, 3.63) is 34.9 Å². The number of ether oxygens (including phenoxy) is 1. The highest BCUT2D eigenvalue weighted by molar-refractivity contribution is 6.31. The molecule has 1 saturated heterocycles. The summed E-state index contributed by atoms with van der Waals surface area (Å²) in [6, 6.07) is 7.61. The molecule has 5 heteroatoms. The number of benzene rings is 1. The third-order valence-electron chi connectivity index (χ3n) is 3.85. The average molecular weight is 330 g/mol. The Morgan fingerprint density at radius 3 is 2.86 bits per heavy atom. The van der Waals surface area contributed by atoms with E-state index < -0.39 is 0 Å². The van der Waals surface area contributed by atoms with Gasteiger partial charge in [-0.05, 0) is 36.8 Å².